The number of nitrogens with zero attached hydrogens (tertiary/aromatic N) is 1. The van der Waals surface area contributed by atoms with E-state index >= 15 is 0 Å². The van der Waals surface area contributed by atoms with Crippen LogP contribution >= 0.6 is 0 Å². The highest BCUT2D eigenvalue weighted by atomic mass is 16.5. The van der Waals surface area contributed by atoms with Gasteiger partial charge in [-0.2, -0.15) is 0 Å². The SMILES string of the molecule is CCC1CCC(CCOC)N1C. The van der Waals surface area contributed by atoms with Gasteiger partial charge in [-0.1, -0.05) is 6.92 Å². The predicted molar refractivity (Wildman–Crippen MR) is 51.4 cm³/mol. The van der Waals surface area contributed by atoms with Crippen molar-refractivity contribution in [3.8, 4) is 0 Å². The number of hydrogen-bond acceptors (Lipinski definition) is 2. The lowest BCUT2D eigenvalue weighted by Crippen LogP contribution is -2.32. The summed E-state index contributed by atoms with van der Waals surface area (Å²) in [4.78, 5) is 2.53. The second-order valence-electron chi connectivity index (χ2n) is 3.74. The fourth-order valence-electron chi connectivity index (χ4n) is 2.18. The molecule has 2 unspecified atom stereocenters. The van der Waals surface area contributed by atoms with Crippen molar-refractivity contribution in [2.75, 3.05) is 20.8 Å². The van der Waals surface area contributed by atoms with Crippen LogP contribution in [-0.4, -0.2) is 37.7 Å². The van der Waals surface area contributed by atoms with Crippen LogP contribution in [0.1, 0.15) is 32.6 Å². The monoisotopic (exact) mass is 171 g/mol. The van der Waals surface area contributed by atoms with Crippen molar-refractivity contribution in [3.05, 3.63) is 0 Å². The fraction of sp³-hybridized carbons (Fsp3) is 1.00. The van der Waals surface area contributed by atoms with Crippen LogP contribution in [0.4, 0.5) is 0 Å². The Morgan fingerprint density at radius 2 is 2.00 bits per heavy atom. The second-order valence-corrected chi connectivity index (χ2v) is 3.74. The first-order valence-electron chi connectivity index (χ1n) is 5.00. The third kappa shape index (κ3) is 2.20. The first kappa shape index (κ1) is 10.0. The molecule has 0 aliphatic carbocycles. The van der Waals surface area contributed by atoms with Crippen LogP contribution in [0.2, 0.25) is 0 Å². The molecule has 1 saturated heterocycles. The predicted octanol–water partition coefficient (Wildman–Crippen LogP) is 1.90. The van der Waals surface area contributed by atoms with Gasteiger partial charge in [0.25, 0.3) is 0 Å². The normalized spacial score (nSPS) is 31.2. The molecule has 1 rings (SSSR count). The van der Waals surface area contributed by atoms with E-state index in [1.165, 1.54) is 25.7 Å². The maximum atomic E-state index is 5.09. The zero-order chi connectivity index (χ0) is 8.97. The van der Waals surface area contributed by atoms with E-state index in [0.717, 1.165) is 18.7 Å². The fourth-order valence-corrected chi connectivity index (χ4v) is 2.18. The average molecular weight is 171 g/mol. The molecule has 0 aromatic heterocycles. The van der Waals surface area contributed by atoms with E-state index in [2.05, 4.69) is 18.9 Å². The minimum atomic E-state index is 0.773. The largest absolute Gasteiger partial charge is 0.385 e. The third-order valence-electron chi connectivity index (χ3n) is 3.11. The molecule has 0 N–H and O–H groups in total. The van der Waals surface area contributed by atoms with Crippen LogP contribution in [0.25, 0.3) is 0 Å². The summed E-state index contributed by atoms with van der Waals surface area (Å²) in [5.41, 5.74) is 0. The van der Waals surface area contributed by atoms with Gasteiger partial charge in [0, 0.05) is 25.8 Å². The summed E-state index contributed by atoms with van der Waals surface area (Å²) >= 11 is 0. The maximum absolute atomic E-state index is 5.09. The number of methoxy groups -OCH3 is 1. The van der Waals surface area contributed by atoms with Crippen molar-refractivity contribution >= 4 is 0 Å². The summed E-state index contributed by atoms with van der Waals surface area (Å²) < 4.78 is 5.09. The van der Waals surface area contributed by atoms with Gasteiger partial charge in [-0.25, -0.2) is 0 Å². The first-order valence-corrected chi connectivity index (χ1v) is 5.00. The van der Waals surface area contributed by atoms with Crippen molar-refractivity contribution in [1.29, 1.82) is 0 Å². The Morgan fingerprint density at radius 3 is 2.50 bits per heavy atom. The highest BCUT2D eigenvalue weighted by molar-refractivity contribution is 4.84. The Labute approximate surface area is 75.9 Å². The van der Waals surface area contributed by atoms with Gasteiger partial charge in [0.2, 0.25) is 0 Å². The Kier molecular flexibility index (Phi) is 4.02. The van der Waals surface area contributed by atoms with Gasteiger partial charge < -0.3 is 9.64 Å². The quantitative estimate of drug-likeness (QED) is 0.640. The molecule has 72 valence electrons. The lowest BCUT2D eigenvalue weighted by Gasteiger charge is -2.24. The van der Waals surface area contributed by atoms with Gasteiger partial charge in [-0.3, -0.25) is 0 Å². The van der Waals surface area contributed by atoms with Crippen LogP contribution in [0.5, 0.6) is 0 Å². The van der Waals surface area contributed by atoms with Gasteiger partial charge in [0.1, 0.15) is 0 Å². The van der Waals surface area contributed by atoms with E-state index in [-0.39, 0.29) is 0 Å². The molecule has 0 spiro atoms. The smallest absolute Gasteiger partial charge is 0.0477 e. The number of likely N-dealkylation sites (tertiary alicyclic amines) is 1. The first-order chi connectivity index (χ1) is 5.79. The Balaban J connectivity index is 2.28. The summed E-state index contributed by atoms with van der Waals surface area (Å²) in [6.07, 6.45) is 5.23. The zero-order valence-electron chi connectivity index (χ0n) is 8.55. The lowest BCUT2D eigenvalue weighted by molar-refractivity contribution is 0.150. The second kappa shape index (κ2) is 4.83. The molecule has 12 heavy (non-hydrogen) atoms. The molecule has 0 amide bonds. The summed E-state index contributed by atoms with van der Waals surface area (Å²) in [6, 6.07) is 1.60. The summed E-state index contributed by atoms with van der Waals surface area (Å²) in [7, 11) is 4.04. The third-order valence-corrected chi connectivity index (χ3v) is 3.11. The van der Waals surface area contributed by atoms with E-state index in [0.29, 0.717) is 0 Å². The molecular formula is C10H21NO. The van der Waals surface area contributed by atoms with Crippen LogP contribution in [0, 0.1) is 0 Å². The highest BCUT2D eigenvalue weighted by Gasteiger charge is 2.28. The minimum Gasteiger partial charge on any atom is -0.385 e. The van der Waals surface area contributed by atoms with Gasteiger partial charge in [-0.05, 0) is 32.7 Å². The Bertz CT molecular complexity index is 127. The summed E-state index contributed by atoms with van der Waals surface area (Å²) in [5.74, 6) is 0. The highest BCUT2D eigenvalue weighted by Crippen LogP contribution is 2.25. The molecule has 0 radical (unpaired) electrons. The van der Waals surface area contributed by atoms with Crippen LogP contribution in [0.3, 0.4) is 0 Å². The van der Waals surface area contributed by atoms with E-state index in [4.69, 9.17) is 4.74 Å². The molecule has 0 saturated carbocycles. The number of ether oxygens (including phenoxy) is 1. The molecule has 2 nitrogen and oxygen atoms in total. The standard InChI is InChI=1S/C10H21NO/c1-4-9-5-6-10(11(9)2)7-8-12-3/h9-10H,4-8H2,1-3H3. The van der Waals surface area contributed by atoms with Crippen molar-refractivity contribution in [2.45, 2.75) is 44.7 Å². The number of rotatable bonds is 4. The number of hydrogen-bond donors (Lipinski definition) is 0. The van der Waals surface area contributed by atoms with Crippen LogP contribution in [-0.2, 0) is 4.74 Å². The molecule has 1 fully saturated rings. The molecular weight excluding hydrogens is 150 g/mol. The molecule has 0 bridgehead atoms. The lowest BCUT2D eigenvalue weighted by atomic mass is 10.1. The van der Waals surface area contributed by atoms with Gasteiger partial charge >= 0.3 is 0 Å². The molecule has 0 aromatic rings. The molecule has 2 heteroatoms. The summed E-state index contributed by atoms with van der Waals surface area (Å²) in [5, 5.41) is 0. The van der Waals surface area contributed by atoms with Crippen molar-refractivity contribution < 1.29 is 4.74 Å². The van der Waals surface area contributed by atoms with Crippen molar-refractivity contribution in [3.63, 3.8) is 0 Å². The van der Waals surface area contributed by atoms with Gasteiger partial charge in [0.05, 0.1) is 0 Å². The Morgan fingerprint density at radius 1 is 1.33 bits per heavy atom. The molecule has 2 atom stereocenters. The van der Waals surface area contributed by atoms with Crippen molar-refractivity contribution in [1.82, 2.24) is 4.90 Å². The zero-order valence-corrected chi connectivity index (χ0v) is 8.55. The van der Waals surface area contributed by atoms with Crippen LogP contribution in [0.15, 0.2) is 0 Å². The Hall–Kier alpha value is -0.0800. The minimum absolute atomic E-state index is 0.773. The maximum Gasteiger partial charge on any atom is 0.0477 e. The van der Waals surface area contributed by atoms with E-state index in [1.54, 1.807) is 7.11 Å². The summed E-state index contributed by atoms with van der Waals surface area (Å²) in [6.45, 7) is 3.19. The molecule has 1 aliphatic heterocycles. The van der Waals surface area contributed by atoms with E-state index in [1.807, 2.05) is 0 Å². The van der Waals surface area contributed by atoms with Crippen LogP contribution < -0.4 is 0 Å². The van der Waals surface area contributed by atoms with Crippen molar-refractivity contribution in [2.24, 2.45) is 0 Å². The molecule has 1 aliphatic rings. The topological polar surface area (TPSA) is 12.5 Å². The molecule has 1 heterocycles. The van der Waals surface area contributed by atoms with E-state index < -0.39 is 0 Å². The molecule has 0 aromatic carbocycles. The van der Waals surface area contributed by atoms with E-state index in [9.17, 15) is 0 Å². The van der Waals surface area contributed by atoms with Gasteiger partial charge in [0.15, 0.2) is 0 Å². The van der Waals surface area contributed by atoms with Gasteiger partial charge in [-0.15, -0.1) is 0 Å². The average Bonchev–Trinajstić information content (AvgIpc) is 2.43.